The number of hydrogen-bond acceptors (Lipinski definition) is 3. The smallest absolute Gasteiger partial charge is 0.141 e. The van der Waals surface area contributed by atoms with Gasteiger partial charge in [0.15, 0.2) is 0 Å². The highest BCUT2D eigenvalue weighted by Gasteiger charge is 2.13. The molecule has 0 aliphatic carbocycles. The minimum Gasteiger partial charge on any atom is -0.508 e. The Kier molecular flexibility index (Phi) is 2.30. The van der Waals surface area contributed by atoms with Gasteiger partial charge in [0.1, 0.15) is 17.1 Å². The van der Waals surface area contributed by atoms with Crippen molar-refractivity contribution < 1.29 is 5.11 Å². The van der Waals surface area contributed by atoms with Crippen LogP contribution in [0, 0.1) is 6.92 Å². The molecule has 0 spiro atoms. The average Bonchev–Trinajstić information content (AvgIpc) is 2.71. The molecule has 90 valence electrons. The van der Waals surface area contributed by atoms with E-state index in [1.807, 2.05) is 36.7 Å². The summed E-state index contributed by atoms with van der Waals surface area (Å²) in [6, 6.07) is 7.41. The lowest BCUT2D eigenvalue weighted by molar-refractivity contribution is 0.471. The second kappa shape index (κ2) is 3.84. The van der Waals surface area contributed by atoms with Gasteiger partial charge in [-0.05, 0) is 19.1 Å². The molecule has 0 aliphatic rings. The van der Waals surface area contributed by atoms with Crippen LogP contribution in [0.15, 0.2) is 36.7 Å². The fourth-order valence-electron chi connectivity index (χ4n) is 2.16. The molecule has 2 heterocycles. The molecular formula is C14H13N3O. The van der Waals surface area contributed by atoms with Crippen LogP contribution >= 0.6 is 0 Å². The third-order valence-corrected chi connectivity index (χ3v) is 3.23. The Morgan fingerprint density at radius 2 is 2.06 bits per heavy atom. The van der Waals surface area contributed by atoms with Crippen molar-refractivity contribution >= 4 is 11.0 Å². The maximum atomic E-state index is 9.78. The van der Waals surface area contributed by atoms with Crippen molar-refractivity contribution in [3.8, 4) is 17.1 Å². The van der Waals surface area contributed by atoms with Crippen molar-refractivity contribution in [3.63, 3.8) is 0 Å². The third kappa shape index (κ3) is 1.46. The van der Waals surface area contributed by atoms with Crippen LogP contribution in [0.3, 0.4) is 0 Å². The Bertz CT molecular complexity index is 731. The van der Waals surface area contributed by atoms with Crippen molar-refractivity contribution in [2.24, 2.45) is 7.05 Å². The molecule has 3 rings (SSSR count). The number of nitrogens with zero attached hydrogens (tertiary/aromatic N) is 3. The summed E-state index contributed by atoms with van der Waals surface area (Å²) in [7, 11) is 1.97. The number of imidazole rings is 1. The van der Waals surface area contributed by atoms with E-state index in [4.69, 9.17) is 0 Å². The van der Waals surface area contributed by atoms with Gasteiger partial charge in [0.05, 0.1) is 11.7 Å². The highest BCUT2D eigenvalue weighted by Crippen LogP contribution is 2.30. The number of aromatic nitrogens is 3. The van der Waals surface area contributed by atoms with Crippen molar-refractivity contribution in [2.45, 2.75) is 6.92 Å². The van der Waals surface area contributed by atoms with Crippen LogP contribution in [-0.2, 0) is 7.05 Å². The molecule has 2 aromatic heterocycles. The summed E-state index contributed by atoms with van der Waals surface area (Å²) >= 11 is 0. The van der Waals surface area contributed by atoms with E-state index in [0.717, 1.165) is 28.0 Å². The van der Waals surface area contributed by atoms with Crippen LogP contribution in [0.1, 0.15) is 5.56 Å². The van der Waals surface area contributed by atoms with E-state index in [-0.39, 0.29) is 5.75 Å². The molecule has 4 heteroatoms. The van der Waals surface area contributed by atoms with Gasteiger partial charge in [0, 0.05) is 24.4 Å². The van der Waals surface area contributed by atoms with Crippen molar-refractivity contribution in [1.29, 1.82) is 0 Å². The monoisotopic (exact) mass is 239 g/mol. The summed E-state index contributed by atoms with van der Waals surface area (Å²) in [6.07, 6.45) is 3.50. The van der Waals surface area contributed by atoms with E-state index >= 15 is 0 Å². The van der Waals surface area contributed by atoms with Gasteiger partial charge in [-0.1, -0.05) is 12.1 Å². The van der Waals surface area contributed by atoms with Gasteiger partial charge in [0.2, 0.25) is 0 Å². The first-order valence-corrected chi connectivity index (χ1v) is 5.74. The molecule has 1 N–H and O–H groups in total. The number of phenolic OH excluding ortho intramolecular Hbond substituents is 1. The molecule has 0 bridgehead atoms. The van der Waals surface area contributed by atoms with Crippen molar-refractivity contribution in [3.05, 3.63) is 42.2 Å². The van der Waals surface area contributed by atoms with E-state index in [1.54, 1.807) is 18.5 Å². The van der Waals surface area contributed by atoms with Crippen LogP contribution in [-0.4, -0.2) is 19.6 Å². The molecule has 0 amide bonds. The number of benzene rings is 1. The molecule has 0 aliphatic heterocycles. The molecule has 0 saturated heterocycles. The minimum absolute atomic E-state index is 0.290. The van der Waals surface area contributed by atoms with E-state index in [1.165, 1.54) is 0 Å². The summed E-state index contributed by atoms with van der Waals surface area (Å²) < 4.78 is 2.01. The molecule has 0 unspecified atom stereocenters. The predicted octanol–water partition coefficient (Wildman–Crippen LogP) is 2.65. The number of fused-ring (bicyclic) bond motifs is 1. The Labute approximate surface area is 105 Å². The fraction of sp³-hybridized carbons (Fsp3) is 0.143. The molecule has 0 saturated carbocycles. The predicted molar refractivity (Wildman–Crippen MR) is 70.3 cm³/mol. The number of hydrogen-bond donors (Lipinski definition) is 1. The first-order chi connectivity index (χ1) is 8.68. The maximum absolute atomic E-state index is 9.78. The average molecular weight is 239 g/mol. The summed E-state index contributed by atoms with van der Waals surface area (Å²) in [5.41, 5.74) is 3.66. The summed E-state index contributed by atoms with van der Waals surface area (Å²) in [5.74, 6) is 1.13. The van der Waals surface area contributed by atoms with Crippen LogP contribution in [0.25, 0.3) is 22.4 Å². The number of pyridine rings is 1. The number of rotatable bonds is 1. The topological polar surface area (TPSA) is 50.9 Å². The molecule has 1 aromatic carbocycles. The normalized spacial score (nSPS) is 11.0. The lowest BCUT2D eigenvalue weighted by Gasteiger charge is -2.07. The van der Waals surface area contributed by atoms with Crippen molar-refractivity contribution in [1.82, 2.24) is 14.5 Å². The van der Waals surface area contributed by atoms with E-state index in [2.05, 4.69) is 9.97 Å². The standard InChI is InChI=1S/C14H13N3O/c1-9-10(4-3-5-13(9)18)14-16-11-8-15-7-6-12(11)17(14)2/h3-8,18H,1-2H3. The molecule has 18 heavy (non-hydrogen) atoms. The number of phenols is 1. The first kappa shape index (κ1) is 10.8. The van der Waals surface area contributed by atoms with Gasteiger partial charge in [-0.15, -0.1) is 0 Å². The quantitative estimate of drug-likeness (QED) is 0.710. The summed E-state index contributed by atoms with van der Waals surface area (Å²) in [5, 5.41) is 9.78. The van der Waals surface area contributed by atoms with Crippen molar-refractivity contribution in [2.75, 3.05) is 0 Å². The van der Waals surface area contributed by atoms with E-state index in [0.29, 0.717) is 0 Å². The zero-order valence-corrected chi connectivity index (χ0v) is 10.3. The number of aryl methyl sites for hydroxylation is 1. The van der Waals surface area contributed by atoms with Gasteiger partial charge < -0.3 is 9.67 Å². The van der Waals surface area contributed by atoms with Crippen LogP contribution in [0.4, 0.5) is 0 Å². The van der Waals surface area contributed by atoms with Crippen LogP contribution < -0.4 is 0 Å². The van der Waals surface area contributed by atoms with Gasteiger partial charge in [-0.2, -0.15) is 0 Å². The summed E-state index contributed by atoms with van der Waals surface area (Å²) in [6.45, 7) is 1.89. The van der Waals surface area contributed by atoms with Gasteiger partial charge >= 0.3 is 0 Å². The third-order valence-electron chi connectivity index (χ3n) is 3.23. The summed E-state index contributed by atoms with van der Waals surface area (Å²) in [4.78, 5) is 8.65. The fourth-order valence-corrected chi connectivity index (χ4v) is 2.16. The molecule has 0 atom stereocenters. The van der Waals surface area contributed by atoms with Crippen LogP contribution in [0.2, 0.25) is 0 Å². The molecule has 3 aromatic rings. The Balaban J connectivity index is 2.32. The zero-order valence-electron chi connectivity index (χ0n) is 10.3. The maximum Gasteiger partial charge on any atom is 0.141 e. The SMILES string of the molecule is Cc1c(O)cccc1-c1nc2cnccc2n1C. The first-order valence-electron chi connectivity index (χ1n) is 5.74. The zero-order chi connectivity index (χ0) is 12.7. The Morgan fingerprint density at radius 1 is 1.22 bits per heavy atom. The minimum atomic E-state index is 0.290. The van der Waals surface area contributed by atoms with Gasteiger partial charge in [-0.25, -0.2) is 4.98 Å². The van der Waals surface area contributed by atoms with Crippen LogP contribution in [0.5, 0.6) is 5.75 Å². The number of aromatic hydroxyl groups is 1. The molecular weight excluding hydrogens is 226 g/mol. The van der Waals surface area contributed by atoms with Gasteiger partial charge in [-0.3, -0.25) is 4.98 Å². The second-order valence-electron chi connectivity index (χ2n) is 4.31. The van der Waals surface area contributed by atoms with E-state index < -0.39 is 0 Å². The second-order valence-corrected chi connectivity index (χ2v) is 4.31. The highest BCUT2D eigenvalue weighted by atomic mass is 16.3. The largest absolute Gasteiger partial charge is 0.508 e. The molecule has 0 radical (unpaired) electrons. The Morgan fingerprint density at radius 3 is 2.83 bits per heavy atom. The highest BCUT2D eigenvalue weighted by molar-refractivity contribution is 5.80. The molecule has 4 nitrogen and oxygen atoms in total. The lowest BCUT2D eigenvalue weighted by Crippen LogP contribution is -1.94. The Hall–Kier alpha value is -2.36. The van der Waals surface area contributed by atoms with E-state index in [9.17, 15) is 5.11 Å². The molecule has 0 fully saturated rings. The van der Waals surface area contributed by atoms with Gasteiger partial charge in [0.25, 0.3) is 0 Å². The lowest BCUT2D eigenvalue weighted by atomic mass is 10.1.